The fourth-order valence-corrected chi connectivity index (χ4v) is 4.12. The highest BCUT2D eigenvalue weighted by atomic mass is 16.5. The van der Waals surface area contributed by atoms with Crippen LogP contribution in [-0.4, -0.2) is 59.0 Å². The fraction of sp³-hybridized carbons (Fsp3) is 0.240. The van der Waals surface area contributed by atoms with E-state index in [0.29, 0.717) is 37.7 Å². The lowest BCUT2D eigenvalue weighted by atomic mass is 10.2. The third-order valence-electron chi connectivity index (χ3n) is 5.82. The van der Waals surface area contributed by atoms with Crippen LogP contribution < -0.4 is 15.0 Å². The van der Waals surface area contributed by atoms with Crippen molar-refractivity contribution < 1.29 is 9.53 Å². The van der Waals surface area contributed by atoms with Crippen molar-refractivity contribution in [1.82, 2.24) is 19.9 Å². The summed E-state index contributed by atoms with van der Waals surface area (Å²) in [6, 6.07) is 19.5. The molecule has 0 radical (unpaired) electrons. The molecular weight excluding hydrogens is 416 g/mol. The molecule has 1 aliphatic heterocycles. The van der Waals surface area contributed by atoms with Crippen molar-refractivity contribution in [2.45, 2.75) is 6.92 Å². The molecule has 1 aliphatic rings. The van der Waals surface area contributed by atoms with Gasteiger partial charge in [0.25, 0.3) is 5.91 Å². The first-order chi connectivity index (χ1) is 16.1. The molecule has 168 valence electrons. The van der Waals surface area contributed by atoms with E-state index in [1.165, 1.54) is 0 Å². The maximum Gasteiger partial charge on any atom is 0.270 e. The van der Waals surface area contributed by atoms with Crippen LogP contribution in [-0.2, 0) is 0 Å². The van der Waals surface area contributed by atoms with Gasteiger partial charge in [-0.2, -0.15) is 0 Å². The Labute approximate surface area is 192 Å². The quantitative estimate of drug-likeness (QED) is 0.486. The number of aromatic amines is 1. The van der Waals surface area contributed by atoms with Crippen LogP contribution in [0.3, 0.4) is 0 Å². The zero-order chi connectivity index (χ0) is 22.8. The zero-order valence-electron chi connectivity index (χ0n) is 18.7. The van der Waals surface area contributed by atoms with Crippen LogP contribution in [0.2, 0.25) is 0 Å². The molecule has 0 saturated carbocycles. The van der Waals surface area contributed by atoms with E-state index in [1.54, 1.807) is 7.11 Å². The molecule has 8 nitrogen and oxygen atoms in total. The molecule has 8 heteroatoms. The molecule has 5 rings (SSSR count). The molecule has 0 aliphatic carbocycles. The molecule has 0 spiro atoms. The Balaban J connectivity index is 1.27. The normalized spacial score (nSPS) is 13.9. The number of aryl methyl sites for hydroxylation is 1. The Morgan fingerprint density at radius 3 is 2.61 bits per heavy atom. The van der Waals surface area contributed by atoms with Gasteiger partial charge in [-0.3, -0.25) is 4.79 Å². The van der Waals surface area contributed by atoms with Gasteiger partial charge in [0.15, 0.2) is 0 Å². The molecule has 1 fully saturated rings. The van der Waals surface area contributed by atoms with Crippen LogP contribution in [0.4, 0.5) is 17.3 Å². The molecule has 2 aromatic heterocycles. The van der Waals surface area contributed by atoms with E-state index in [1.807, 2.05) is 72.5 Å². The second-order valence-corrected chi connectivity index (χ2v) is 8.07. The number of fused-ring (bicyclic) bond motifs is 1. The van der Waals surface area contributed by atoms with Gasteiger partial charge in [0.2, 0.25) is 0 Å². The number of anilines is 3. The number of hydrogen-bond acceptors (Lipinski definition) is 6. The SMILES string of the molecule is COc1cccc(Nc2cc(N3CCN(C(=O)c4cc5ccccc5[nH]4)CC3)nc(C)n2)c1. The standard InChI is InChI=1S/C25H26N6O2/c1-17-26-23(28-19-7-5-8-20(15-19)33-2)16-24(27-17)30-10-12-31(13-11-30)25(32)22-14-18-6-3-4-9-21(18)29-22/h3-9,14-16,29H,10-13H2,1-2H3,(H,26,27,28). The lowest BCUT2D eigenvalue weighted by molar-refractivity contribution is 0.0741. The van der Waals surface area contributed by atoms with Crippen LogP contribution in [0.15, 0.2) is 60.7 Å². The van der Waals surface area contributed by atoms with Gasteiger partial charge in [0.05, 0.1) is 7.11 Å². The third kappa shape index (κ3) is 4.45. The number of methoxy groups -OCH3 is 1. The molecule has 4 aromatic rings. The largest absolute Gasteiger partial charge is 0.497 e. The topological polar surface area (TPSA) is 86.4 Å². The van der Waals surface area contributed by atoms with Gasteiger partial charge in [0, 0.05) is 54.9 Å². The number of ether oxygens (including phenoxy) is 1. The average Bonchev–Trinajstić information content (AvgIpc) is 3.28. The van der Waals surface area contributed by atoms with E-state index in [9.17, 15) is 4.79 Å². The van der Waals surface area contributed by atoms with E-state index in [2.05, 4.69) is 25.2 Å². The summed E-state index contributed by atoms with van der Waals surface area (Å²) >= 11 is 0. The van der Waals surface area contributed by atoms with Gasteiger partial charge in [-0.1, -0.05) is 24.3 Å². The molecule has 0 bridgehead atoms. The van der Waals surface area contributed by atoms with E-state index in [4.69, 9.17) is 4.74 Å². The van der Waals surface area contributed by atoms with E-state index in [0.717, 1.165) is 34.0 Å². The Bertz CT molecular complexity index is 1260. The predicted molar refractivity (Wildman–Crippen MR) is 129 cm³/mol. The average molecular weight is 443 g/mol. The van der Waals surface area contributed by atoms with Gasteiger partial charge >= 0.3 is 0 Å². The first-order valence-electron chi connectivity index (χ1n) is 11.0. The minimum atomic E-state index is 0.0325. The van der Waals surface area contributed by atoms with Crippen LogP contribution >= 0.6 is 0 Å². The number of carbonyl (C=O) groups excluding carboxylic acids is 1. The zero-order valence-corrected chi connectivity index (χ0v) is 18.7. The van der Waals surface area contributed by atoms with Crippen LogP contribution in [0.1, 0.15) is 16.3 Å². The van der Waals surface area contributed by atoms with Gasteiger partial charge in [-0.25, -0.2) is 9.97 Å². The molecule has 2 aromatic carbocycles. The molecular formula is C25H26N6O2. The summed E-state index contributed by atoms with van der Waals surface area (Å²) in [6.45, 7) is 4.57. The van der Waals surface area contributed by atoms with Crippen molar-refractivity contribution in [3.05, 3.63) is 72.2 Å². The lowest BCUT2D eigenvalue weighted by Gasteiger charge is -2.35. The van der Waals surface area contributed by atoms with Crippen molar-refractivity contribution in [1.29, 1.82) is 0 Å². The number of aromatic nitrogens is 3. The van der Waals surface area contributed by atoms with Crippen molar-refractivity contribution >= 4 is 34.1 Å². The highest BCUT2D eigenvalue weighted by Gasteiger charge is 2.24. The fourth-order valence-electron chi connectivity index (χ4n) is 4.12. The van der Waals surface area contributed by atoms with Crippen molar-refractivity contribution in [2.24, 2.45) is 0 Å². The summed E-state index contributed by atoms with van der Waals surface area (Å²) < 4.78 is 5.30. The number of rotatable bonds is 5. The Morgan fingerprint density at radius 2 is 1.82 bits per heavy atom. The van der Waals surface area contributed by atoms with Crippen molar-refractivity contribution in [3.8, 4) is 5.75 Å². The number of para-hydroxylation sites is 1. The van der Waals surface area contributed by atoms with Gasteiger partial charge < -0.3 is 24.8 Å². The second kappa shape index (κ2) is 8.82. The number of amides is 1. The Kier molecular flexibility index (Phi) is 5.56. The molecule has 3 heterocycles. The minimum absolute atomic E-state index is 0.0325. The maximum atomic E-state index is 13.0. The molecule has 0 atom stereocenters. The highest BCUT2D eigenvalue weighted by Crippen LogP contribution is 2.24. The van der Waals surface area contributed by atoms with Crippen molar-refractivity contribution in [3.63, 3.8) is 0 Å². The van der Waals surface area contributed by atoms with Gasteiger partial charge in [0.1, 0.15) is 28.9 Å². The predicted octanol–water partition coefficient (Wildman–Crippen LogP) is 3.98. The Hall–Kier alpha value is -4.07. The van der Waals surface area contributed by atoms with Crippen LogP contribution in [0, 0.1) is 6.92 Å². The summed E-state index contributed by atoms with van der Waals surface area (Å²) in [5, 5.41) is 4.38. The number of nitrogens with zero attached hydrogens (tertiary/aromatic N) is 4. The minimum Gasteiger partial charge on any atom is -0.497 e. The summed E-state index contributed by atoms with van der Waals surface area (Å²) in [6.07, 6.45) is 0. The number of piperazine rings is 1. The summed E-state index contributed by atoms with van der Waals surface area (Å²) in [5.41, 5.74) is 2.51. The number of hydrogen-bond donors (Lipinski definition) is 2. The number of H-pyrrole nitrogens is 1. The lowest BCUT2D eigenvalue weighted by Crippen LogP contribution is -2.49. The van der Waals surface area contributed by atoms with Crippen LogP contribution in [0.25, 0.3) is 10.9 Å². The van der Waals surface area contributed by atoms with Crippen LogP contribution in [0.5, 0.6) is 5.75 Å². The molecule has 1 amide bonds. The maximum absolute atomic E-state index is 13.0. The summed E-state index contributed by atoms with van der Waals surface area (Å²) in [4.78, 5) is 29.5. The number of nitrogens with one attached hydrogen (secondary N) is 2. The molecule has 33 heavy (non-hydrogen) atoms. The molecule has 0 unspecified atom stereocenters. The first-order valence-corrected chi connectivity index (χ1v) is 11.0. The first kappa shape index (κ1) is 20.8. The highest BCUT2D eigenvalue weighted by molar-refractivity contribution is 5.98. The van der Waals surface area contributed by atoms with Crippen molar-refractivity contribution in [2.75, 3.05) is 43.5 Å². The Morgan fingerprint density at radius 1 is 1.00 bits per heavy atom. The monoisotopic (exact) mass is 442 g/mol. The summed E-state index contributed by atoms with van der Waals surface area (Å²) in [7, 11) is 1.65. The van der Waals surface area contributed by atoms with Gasteiger partial charge in [-0.05, 0) is 31.2 Å². The van der Waals surface area contributed by atoms with E-state index >= 15 is 0 Å². The smallest absolute Gasteiger partial charge is 0.270 e. The van der Waals surface area contributed by atoms with Gasteiger partial charge in [-0.15, -0.1) is 0 Å². The number of benzene rings is 2. The third-order valence-corrected chi connectivity index (χ3v) is 5.82. The summed E-state index contributed by atoms with van der Waals surface area (Å²) in [5.74, 6) is 3.08. The molecule has 1 saturated heterocycles. The van der Waals surface area contributed by atoms with E-state index < -0.39 is 0 Å². The molecule has 2 N–H and O–H groups in total. The number of carbonyl (C=O) groups is 1. The van der Waals surface area contributed by atoms with E-state index in [-0.39, 0.29) is 5.91 Å². The second-order valence-electron chi connectivity index (χ2n) is 8.07.